The largest absolute Gasteiger partial charge is 0.302 e. The van der Waals surface area contributed by atoms with Gasteiger partial charge in [0.2, 0.25) is 0 Å². The maximum absolute atomic E-state index is 12.4. The molecule has 0 aliphatic heterocycles. The maximum atomic E-state index is 12.4. The highest BCUT2D eigenvalue weighted by atomic mass is 32.2. The van der Waals surface area contributed by atoms with Crippen LogP contribution in [0.1, 0.15) is 45.9 Å². The summed E-state index contributed by atoms with van der Waals surface area (Å²) in [7, 11) is 3.78. The van der Waals surface area contributed by atoms with Gasteiger partial charge in [-0.1, -0.05) is 13.8 Å². The van der Waals surface area contributed by atoms with Crippen molar-refractivity contribution in [3.05, 3.63) is 16.0 Å². The van der Waals surface area contributed by atoms with Gasteiger partial charge in [0.25, 0.3) is 0 Å². The molecule has 1 heterocycles. The van der Waals surface area contributed by atoms with Crippen molar-refractivity contribution >= 4 is 34.7 Å². The van der Waals surface area contributed by atoms with Crippen molar-refractivity contribution in [2.24, 2.45) is 5.41 Å². The topological polar surface area (TPSA) is 37.4 Å². The molecule has 0 fully saturated rings. The zero-order chi connectivity index (χ0) is 15.1. The van der Waals surface area contributed by atoms with Crippen molar-refractivity contribution in [1.82, 2.24) is 4.90 Å². The second-order valence-electron chi connectivity index (χ2n) is 6.38. The molecule has 0 atom stereocenters. The van der Waals surface area contributed by atoms with Crippen molar-refractivity contribution in [1.29, 1.82) is 0 Å². The highest BCUT2D eigenvalue weighted by Gasteiger charge is 2.37. The Morgan fingerprint density at radius 1 is 1.35 bits per heavy atom. The van der Waals surface area contributed by atoms with Gasteiger partial charge in [-0.2, -0.15) is 0 Å². The molecule has 0 unspecified atom stereocenters. The van der Waals surface area contributed by atoms with Gasteiger partial charge >= 0.3 is 0 Å². The highest BCUT2D eigenvalue weighted by Crippen LogP contribution is 2.44. The van der Waals surface area contributed by atoms with Gasteiger partial charge in [-0.3, -0.25) is 9.59 Å². The molecule has 0 amide bonds. The van der Waals surface area contributed by atoms with Gasteiger partial charge in [-0.05, 0) is 37.8 Å². The first-order valence-corrected chi connectivity index (χ1v) is 8.70. The molecule has 20 heavy (non-hydrogen) atoms. The fourth-order valence-corrected chi connectivity index (χ4v) is 4.71. The van der Waals surface area contributed by atoms with E-state index in [4.69, 9.17) is 0 Å². The van der Waals surface area contributed by atoms with E-state index in [1.807, 2.05) is 25.3 Å². The molecule has 5 heteroatoms. The molecular formula is C15H21NO2S2. The first-order valence-electron chi connectivity index (χ1n) is 6.66. The fourth-order valence-electron chi connectivity index (χ4n) is 2.68. The number of hydrogen-bond acceptors (Lipinski definition) is 5. The number of fused-ring (bicyclic) bond motifs is 1. The van der Waals surface area contributed by atoms with E-state index in [0.717, 1.165) is 26.6 Å². The van der Waals surface area contributed by atoms with Gasteiger partial charge in [0, 0.05) is 12.0 Å². The Bertz CT molecular complexity index is 558. The van der Waals surface area contributed by atoms with Crippen LogP contribution >= 0.6 is 23.1 Å². The summed E-state index contributed by atoms with van der Waals surface area (Å²) in [4.78, 5) is 27.5. The van der Waals surface area contributed by atoms with E-state index in [2.05, 4.69) is 13.8 Å². The normalized spacial score (nSPS) is 17.4. The molecule has 110 valence electrons. The van der Waals surface area contributed by atoms with Crippen molar-refractivity contribution in [2.75, 3.05) is 26.9 Å². The van der Waals surface area contributed by atoms with Gasteiger partial charge in [0.05, 0.1) is 15.6 Å². The minimum absolute atomic E-state index is 0.0476. The molecule has 1 aromatic heterocycles. The Balaban J connectivity index is 2.50. The quantitative estimate of drug-likeness (QED) is 0.631. The molecule has 0 aromatic carbocycles. The molecule has 0 N–H and O–H groups in total. The highest BCUT2D eigenvalue weighted by molar-refractivity contribution is 8.00. The standard InChI is InChI=1S/C15H21NO2S2/c1-15(2)6-9-12(10(17)7-15)14(19-5)20-13(9)11(18)8-16(3)4/h6-8H2,1-5H3. The van der Waals surface area contributed by atoms with E-state index in [-0.39, 0.29) is 17.0 Å². The first-order chi connectivity index (χ1) is 9.25. The van der Waals surface area contributed by atoms with Crippen LogP contribution in [0.5, 0.6) is 0 Å². The number of carbonyl (C=O) groups excluding carboxylic acids is 2. The summed E-state index contributed by atoms with van der Waals surface area (Å²) in [5.41, 5.74) is 1.77. The second-order valence-corrected chi connectivity index (χ2v) is 8.47. The van der Waals surface area contributed by atoms with E-state index in [1.165, 1.54) is 11.3 Å². The average Bonchev–Trinajstić information content (AvgIpc) is 2.65. The minimum Gasteiger partial charge on any atom is -0.302 e. The molecule has 1 aromatic rings. The second kappa shape index (κ2) is 5.62. The zero-order valence-corrected chi connectivity index (χ0v) is 14.3. The van der Waals surface area contributed by atoms with Crippen LogP contribution in [0.15, 0.2) is 4.21 Å². The van der Waals surface area contributed by atoms with Crippen LogP contribution in [0.3, 0.4) is 0 Å². The van der Waals surface area contributed by atoms with Crippen LogP contribution in [-0.4, -0.2) is 43.4 Å². The van der Waals surface area contributed by atoms with Gasteiger partial charge in [-0.15, -0.1) is 23.1 Å². The van der Waals surface area contributed by atoms with Crippen molar-refractivity contribution < 1.29 is 9.59 Å². The lowest BCUT2D eigenvalue weighted by Gasteiger charge is -2.29. The number of thioether (sulfide) groups is 1. The summed E-state index contributed by atoms with van der Waals surface area (Å²) < 4.78 is 1.00. The molecule has 0 spiro atoms. The van der Waals surface area contributed by atoms with Crippen LogP contribution in [0.2, 0.25) is 0 Å². The Labute approximate surface area is 128 Å². The number of hydrogen-bond donors (Lipinski definition) is 0. The lowest BCUT2D eigenvalue weighted by Crippen LogP contribution is -2.28. The minimum atomic E-state index is -0.0476. The molecule has 2 rings (SSSR count). The molecule has 3 nitrogen and oxygen atoms in total. The summed E-state index contributed by atoms with van der Waals surface area (Å²) in [6.07, 6.45) is 3.37. The van der Waals surface area contributed by atoms with E-state index >= 15 is 0 Å². The maximum Gasteiger partial charge on any atom is 0.187 e. The monoisotopic (exact) mass is 311 g/mol. The number of carbonyl (C=O) groups is 2. The van der Waals surface area contributed by atoms with E-state index in [1.54, 1.807) is 11.8 Å². The van der Waals surface area contributed by atoms with E-state index in [9.17, 15) is 9.59 Å². The van der Waals surface area contributed by atoms with Crippen LogP contribution in [-0.2, 0) is 6.42 Å². The number of thiophene rings is 1. The van der Waals surface area contributed by atoms with Gasteiger partial charge in [-0.25, -0.2) is 0 Å². The lowest BCUT2D eigenvalue weighted by molar-refractivity contribution is 0.0909. The van der Waals surface area contributed by atoms with Crippen LogP contribution in [0, 0.1) is 5.41 Å². The van der Waals surface area contributed by atoms with Gasteiger partial charge in [0.15, 0.2) is 11.6 Å². The predicted molar refractivity (Wildman–Crippen MR) is 85.4 cm³/mol. The fraction of sp³-hybridized carbons (Fsp3) is 0.600. The molecular weight excluding hydrogens is 290 g/mol. The number of nitrogens with zero attached hydrogens (tertiary/aromatic N) is 1. The summed E-state index contributed by atoms with van der Waals surface area (Å²) in [5, 5.41) is 0. The Morgan fingerprint density at radius 3 is 2.55 bits per heavy atom. The summed E-state index contributed by atoms with van der Waals surface area (Å²) in [6, 6.07) is 0. The number of likely N-dealkylation sites (N-methyl/N-ethyl adjacent to an activating group) is 1. The van der Waals surface area contributed by atoms with E-state index < -0.39 is 0 Å². The molecule has 1 aliphatic carbocycles. The van der Waals surface area contributed by atoms with Gasteiger partial charge < -0.3 is 4.90 Å². The molecule has 0 bridgehead atoms. The summed E-state index contributed by atoms with van der Waals surface area (Å²) in [5.74, 6) is 0.322. The van der Waals surface area contributed by atoms with Crippen molar-refractivity contribution in [3.8, 4) is 0 Å². The molecule has 1 aliphatic rings. The van der Waals surface area contributed by atoms with Crippen molar-refractivity contribution in [3.63, 3.8) is 0 Å². The molecule has 0 radical (unpaired) electrons. The lowest BCUT2D eigenvalue weighted by atomic mass is 9.74. The van der Waals surface area contributed by atoms with Crippen LogP contribution in [0.25, 0.3) is 0 Å². The molecule has 0 saturated heterocycles. The van der Waals surface area contributed by atoms with Crippen LogP contribution in [0.4, 0.5) is 0 Å². The number of Topliss-reactive ketones (excluding diaryl/α,β-unsaturated/α-hetero) is 2. The summed E-state index contributed by atoms with van der Waals surface area (Å²) in [6.45, 7) is 4.60. The Morgan fingerprint density at radius 2 is 2.00 bits per heavy atom. The third-order valence-corrected chi connectivity index (χ3v) is 5.84. The summed E-state index contributed by atoms with van der Waals surface area (Å²) >= 11 is 3.07. The van der Waals surface area contributed by atoms with Gasteiger partial charge in [0.1, 0.15) is 0 Å². The molecule has 0 saturated carbocycles. The third kappa shape index (κ3) is 3.00. The predicted octanol–water partition coefficient (Wildman–Crippen LogP) is 3.37. The Hall–Kier alpha value is -0.650. The number of rotatable bonds is 4. The first kappa shape index (κ1) is 15.7. The third-order valence-electron chi connectivity index (χ3n) is 3.45. The average molecular weight is 311 g/mol. The Kier molecular flexibility index (Phi) is 4.42. The van der Waals surface area contributed by atoms with Crippen molar-refractivity contribution in [2.45, 2.75) is 30.9 Å². The smallest absolute Gasteiger partial charge is 0.187 e. The van der Waals surface area contributed by atoms with E-state index in [0.29, 0.717) is 13.0 Å². The number of ketones is 2. The van der Waals surface area contributed by atoms with Crippen LogP contribution < -0.4 is 0 Å². The zero-order valence-electron chi connectivity index (χ0n) is 12.7. The SMILES string of the molecule is CSc1sc(C(=O)CN(C)C)c2c1C(=O)CC(C)(C)C2.